The van der Waals surface area contributed by atoms with Crippen molar-refractivity contribution in [3.05, 3.63) is 0 Å². The van der Waals surface area contributed by atoms with Crippen LogP contribution in [0.5, 0.6) is 0 Å². The molecule has 1 N–H and O–H groups in total. The van der Waals surface area contributed by atoms with Crippen LogP contribution < -0.4 is 5.32 Å². The lowest BCUT2D eigenvalue weighted by atomic mass is 10.2. The smallest absolute Gasteiger partial charge is 0.114 e. The second-order valence-electron chi connectivity index (χ2n) is 2.60. The molecule has 0 aromatic rings. The fraction of sp³-hybridized carbons (Fsp3) is 1.00. The van der Waals surface area contributed by atoms with Crippen molar-refractivity contribution in [3.63, 3.8) is 0 Å². The zero-order valence-corrected chi connectivity index (χ0v) is 6.27. The summed E-state index contributed by atoms with van der Waals surface area (Å²) < 4.78 is 17.6. The maximum atomic E-state index is 12.5. The van der Waals surface area contributed by atoms with E-state index in [0.29, 0.717) is 19.6 Å². The standard InChI is InChI=1S/C7H14FNO/c1-2-10-5-7-3-6(8)4-9-7/h6-7,9H,2-5H2,1H3/t6-,7-/m0/s1. The number of nitrogens with one attached hydrogen (secondary N) is 1. The van der Waals surface area contributed by atoms with Crippen LogP contribution in [0.4, 0.5) is 4.39 Å². The van der Waals surface area contributed by atoms with Crippen LogP contribution in [0.2, 0.25) is 0 Å². The SMILES string of the molecule is CCOC[C@@H]1C[C@H](F)CN1. The van der Waals surface area contributed by atoms with Gasteiger partial charge < -0.3 is 10.1 Å². The molecule has 0 bridgehead atoms. The van der Waals surface area contributed by atoms with Crippen molar-refractivity contribution in [2.24, 2.45) is 0 Å². The van der Waals surface area contributed by atoms with Crippen LogP contribution in [0.25, 0.3) is 0 Å². The van der Waals surface area contributed by atoms with Gasteiger partial charge in [0.1, 0.15) is 6.17 Å². The zero-order chi connectivity index (χ0) is 7.40. The van der Waals surface area contributed by atoms with Crippen LogP contribution in [0.15, 0.2) is 0 Å². The van der Waals surface area contributed by atoms with E-state index in [1.165, 1.54) is 0 Å². The first-order chi connectivity index (χ1) is 4.83. The second-order valence-corrected chi connectivity index (χ2v) is 2.60. The van der Waals surface area contributed by atoms with Crippen LogP contribution >= 0.6 is 0 Å². The van der Waals surface area contributed by atoms with Gasteiger partial charge in [0.25, 0.3) is 0 Å². The van der Waals surface area contributed by atoms with Crippen LogP contribution in [-0.2, 0) is 4.74 Å². The van der Waals surface area contributed by atoms with E-state index < -0.39 is 6.17 Å². The minimum absolute atomic E-state index is 0.245. The summed E-state index contributed by atoms with van der Waals surface area (Å²) in [5.41, 5.74) is 0. The third-order valence-electron chi connectivity index (χ3n) is 1.69. The molecular weight excluding hydrogens is 133 g/mol. The highest BCUT2D eigenvalue weighted by Gasteiger charge is 2.22. The first-order valence-electron chi connectivity index (χ1n) is 3.78. The van der Waals surface area contributed by atoms with Gasteiger partial charge in [-0.25, -0.2) is 4.39 Å². The Balaban J connectivity index is 2.06. The average Bonchev–Trinajstić information content (AvgIpc) is 2.31. The van der Waals surface area contributed by atoms with Crippen molar-refractivity contribution in [1.29, 1.82) is 0 Å². The summed E-state index contributed by atoms with van der Waals surface area (Å²) in [7, 11) is 0. The molecule has 0 amide bonds. The molecule has 0 aliphatic carbocycles. The quantitative estimate of drug-likeness (QED) is 0.635. The predicted molar refractivity (Wildman–Crippen MR) is 37.8 cm³/mol. The topological polar surface area (TPSA) is 21.3 Å². The third kappa shape index (κ3) is 2.23. The molecule has 1 fully saturated rings. The Bertz CT molecular complexity index is 99.6. The Kier molecular flexibility index (Phi) is 3.09. The molecule has 10 heavy (non-hydrogen) atoms. The van der Waals surface area contributed by atoms with Gasteiger partial charge in [-0.3, -0.25) is 0 Å². The minimum atomic E-state index is -0.662. The van der Waals surface area contributed by atoms with Gasteiger partial charge in [0.05, 0.1) is 6.61 Å². The Hall–Kier alpha value is -0.150. The molecule has 1 rings (SSSR count). The van der Waals surface area contributed by atoms with Crippen LogP contribution in [-0.4, -0.2) is 32.0 Å². The summed E-state index contributed by atoms with van der Waals surface area (Å²) in [5, 5.41) is 3.04. The second kappa shape index (κ2) is 3.88. The Morgan fingerprint density at radius 1 is 1.70 bits per heavy atom. The number of ether oxygens (including phenoxy) is 1. The molecule has 0 unspecified atom stereocenters. The monoisotopic (exact) mass is 147 g/mol. The molecule has 1 aliphatic rings. The van der Waals surface area contributed by atoms with Crippen molar-refractivity contribution in [2.45, 2.75) is 25.6 Å². The molecule has 0 spiro atoms. The summed E-state index contributed by atoms with van der Waals surface area (Å²) in [6.07, 6.45) is -0.0505. The molecule has 1 heterocycles. The van der Waals surface area contributed by atoms with Crippen molar-refractivity contribution < 1.29 is 9.13 Å². The molecule has 1 saturated heterocycles. The van der Waals surface area contributed by atoms with Crippen molar-refractivity contribution >= 4 is 0 Å². The van der Waals surface area contributed by atoms with Crippen LogP contribution in [0, 0.1) is 0 Å². The summed E-state index contributed by atoms with van der Waals surface area (Å²) in [4.78, 5) is 0. The maximum Gasteiger partial charge on any atom is 0.114 e. The van der Waals surface area contributed by atoms with Gasteiger partial charge in [-0.15, -0.1) is 0 Å². The van der Waals surface area contributed by atoms with E-state index in [-0.39, 0.29) is 6.04 Å². The molecule has 3 heteroatoms. The number of halogens is 1. The fourth-order valence-corrected chi connectivity index (χ4v) is 1.16. The fourth-order valence-electron chi connectivity index (χ4n) is 1.16. The largest absolute Gasteiger partial charge is 0.380 e. The van der Waals surface area contributed by atoms with E-state index in [1.54, 1.807) is 0 Å². The van der Waals surface area contributed by atoms with Gasteiger partial charge in [-0.05, 0) is 13.3 Å². The van der Waals surface area contributed by atoms with E-state index in [4.69, 9.17) is 4.74 Å². The Labute approximate surface area is 60.8 Å². The predicted octanol–water partition coefficient (Wildman–Crippen LogP) is 0.723. The summed E-state index contributed by atoms with van der Waals surface area (Å²) in [5.74, 6) is 0. The van der Waals surface area contributed by atoms with Crippen LogP contribution in [0.3, 0.4) is 0 Å². The van der Waals surface area contributed by atoms with E-state index in [2.05, 4.69) is 5.32 Å². The molecule has 0 aromatic heterocycles. The summed E-state index contributed by atoms with van der Waals surface area (Å²) >= 11 is 0. The maximum absolute atomic E-state index is 12.5. The lowest BCUT2D eigenvalue weighted by molar-refractivity contribution is 0.126. The van der Waals surface area contributed by atoms with Gasteiger partial charge in [0.2, 0.25) is 0 Å². The highest BCUT2D eigenvalue weighted by atomic mass is 19.1. The lowest BCUT2D eigenvalue weighted by Gasteiger charge is -2.07. The molecule has 2 nitrogen and oxygen atoms in total. The Morgan fingerprint density at radius 2 is 2.50 bits per heavy atom. The van der Waals surface area contributed by atoms with Crippen molar-refractivity contribution in [2.75, 3.05) is 19.8 Å². The third-order valence-corrected chi connectivity index (χ3v) is 1.69. The van der Waals surface area contributed by atoms with Gasteiger partial charge >= 0.3 is 0 Å². The number of rotatable bonds is 3. The molecule has 2 atom stereocenters. The van der Waals surface area contributed by atoms with E-state index >= 15 is 0 Å². The lowest BCUT2D eigenvalue weighted by Crippen LogP contribution is -2.26. The highest BCUT2D eigenvalue weighted by molar-refractivity contribution is 4.80. The zero-order valence-electron chi connectivity index (χ0n) is 6.27. The highest BCUT2D eigenvalue weighted by Crippen LogP contribution is 2.09. The molecule has 60 valence electrons. The van der Waals surface area contributed by atoms with Gasteiger partial charge in [0.15, 0.2) is 0 Å². The van der Waals surface area contributed by atoms with Gasteiger partial charge in [-0.2, -0.15) is 0 Å². The van der Waals surface area contributed by atoms with Gasteiger partial charge in [0, 0.05) is 19.2 Å². The minimum Gasteiger partial charge on any atom is -0.380 e. The summed E-state index contributed by atoms with van der Waals surface area (Å²) in [6.45, 7) is 3.81. The van der Waals surface area contributed by atoms with Crippen molar-refractivity contribution in [1.82, 2.24) is 5.32 Å². The molecule has 1 aliphatic heterocycles. The normalized spacial score (nSPS) is 33.0. The molecule has 0 aromatic carbocycles. The van der Waals surface area contributed by atoms with Gasteiger partial charge in [-0.1, -0.05) is 0 Å². The first kappa shape index (κ1) is 7.95. The van der Waals surface area contributed by atoms with Crippen LogP contribution in [0.1, 0.15) is 13.3 Å². The number of hydrogen-bond acceptors (Lipinski definition) is 2. The van der Waals surface area contributed by atoms with Crippen molar-refractivity contribution in [3.8, 4) is 0 Å². The van der Waals surface area contributed by atoms with E-state index in [1.807, 2.05) is 6.92 Å². The summed E-state index contributed by atoms with van der Waals surface area (Å²) in [6, 6.07) is 0.245. The number of alkyl halides is 1. The van der Waals surface area contributed by atoms with E-state index in [0.717, 1.165) is 6.61 Å². The number of hydrogen-bond donors (Lipinski definition) is 1. The molecule has 0 saturated carbocycles. The molecular formula is C7H14FNO. The average molecular weight is 147 g/mol. The Morgan fingerprint density at radius 3 is 3.00 bits per heavy atom. The van der Waals surface area contributed by atoms with E-state index in [9.17, 15) is 4.39 Å². The molecule has 0 radical (unpaired) electrons. The first-order valence-corrected chi connectivity index (χ1v) is 3.78.